The first kappa shape index (κ1) is 12.6. The van der Waals surface area contributed by atoms with Gasteiger partial charge in [0.25, 0.3) is 0 Å². The highest BCUT2D eigenvalue weighted by atomic mass is 19.1. The molecule has 0 heterocycles. The van der Waals surface area contributed by atoms with E-state index in [0.29, 0.717) is 5.56 Å². The number of benzene rings is 2. The van der Waals surface area contributed by atoms with Crippen LogP contribution in [0.25, 0.3) is 0 Å². The summed E-state index contributed by atoms with van der Waals surface area (Å²) >= 11 is 0. The van der Waals surface area contributed by atoms with Gasteiger partial charge in [0, 0.05) is 17.8 Å². The Morgan fingerprint density at radius 2 is 1.78 bits per heavy atom. The Labute approximate surface area is 105 Å². The van der Waals surface area contributed by atoms with E-state index in [0.717, 1.165) is 28.9 Å². The summed E-state index contributed by atoms with van der Waals surface area (Å²) in [7, 11) is 0. The van der Waals surface area contributed by atoms with Crippen LogP contribution in [0.1, 0.15) is 16.7 Å². The van der Waals surface area contributed by atoms with Crippen molar-refractivity contribution in [1.82, 2.24) is 0 Å². The molecule has 1 N–H and O–H groups in total. The molecule has 2 aromatic rings. The quantitative estimate of drug-likeness (QED) is 0.857. The van der Waals surface area contributed by atoms with E-state index in [-0.39, 0.29) is 6.54 Å². The Morgan fingerprint density at radius 3 is 2.56 bits per heavy atom. The average Bonchev–Trinajstić information content (AvgIpc) is 2.34. The van der Waals surface area contributed by atoms with E-state index < -0.39 is 11.6 Å². The number of halogens is 2. The third kappa shape index (κ3) is 2.86. The van der Waals surface area contributed by atoms with Crippen molar-refractivity contribution >= 4 is 5.69 Å². The maximum absolute atomic E-state index is 13.4. The molecule has 0 aliphatic heterocycles. The summed E-state index contributed by atoms with van der Waals surface area (Å²) < 4.78 is 26.5. The number of hydrogen-bond donors (Lipinski definition) is 1. The van der Waals surface area contributed by atoms with E-state index in [1.807, 2.05) is 32.0 Å². The molecule has 0 bridgehead atoms. The van der Waals surface area contributed by atoms with Crippen LogP contribution in [0, 0.1) is 25.5 Å². The van der Waals surface area contributed by atoms with Crippen LogP contribution in [0.3, 0.4) is 0 Å². The second kappa shape index (κ2) is 5.17. The second-order valence-electron chi connectivity index (χ2n) is 4.41. The molecule has 0 atom stereocenters. The zero-order chi connectivity index (χ0) is 13.1. The Bertz CT molecular complexity index is 513. The third-order valence-electron chi connectivity index (χ3n) is 2.87. The van der Waals surface area contributed by atoms with Crippen molar-refractivity contribution in [2.24, 2.45) is 0 Å². The fourth-order valence-corrected chi connectivity index (χ4v) is 1.80. The summed E-state index contributed by atoms with van der Waals surface area (Å²) in [6.07, 6.45) is 0. The summed E-state index contributed by atoms with van der Waals surface area (Å²) in [6, 6.07) is 9.50. The van der Waals surface area contributed by atoms with E-state index in [2.05, 4.69) is 5.32 Å². The van der Waals surface area contributed by atoms with E-state index in [1.54, 1.807) is 0 Å². The van der Waals surface area contributed by atoms with Crippen molar-refractivity contribution in [2.75, 3.05) is 5.32 Å². The highest BCUT2D eigenvalue weighted by Gasteiger charge is 2.04. The van der Waals surface area contributed by atoms with Gasteiger partial charge in [-0.1, -0.05) is 12.1 Å². The lowest BCUT2D eigenvalue weighted by atomic mass is 10.1. The molecule has 0 saturated carbocycles. The monoisotopic (exact) mass is 247 g/mol. The van der Waals surface area contributed by atoms with Crippen LogP contribution in [0.2, 0.25) is 0 Å². The smallest absolute Gasteiger partial charge is 0.128 e. The molecule has 0 spiro atoms. The van der Waals surface area contributed by atoms with Gasteiger partial charge in [0.1, 0.15) is 11.6 Å². The van der Waals surface area contributed by atoms with Crippen molar-refractivity contribution in [3.63, 3.8) is 0 Å². The minimum Gasteiger partial charge on any atom is -0.381 e. The number of anilines is 1. The van der Waals surface area contributed by atoms with E-state index in [4.69, 9.17) is 0 Å². The third-order valence-corrected chi connectivity index (χ3v) is 2.87. The van der Waals surface area contributed by atoms with Gasteiger partial charge in [-0.15, -0.1) is 0 Å². The van der Waals surface area contributed by atoms with E-state index in [1.165, 1.54) is 6.07 Å². The predicted octanol–water partition coefficient (Wildman–Crippen LogP) is 4.19. The lowest BCUT2D eigenvalue weighted by molar-refractivity contribution is 0.587. The van der Waals surface area contributed by atoms with Crippen molar-refractivity contribution in [3.8, 4) is 0 Å². The molecule has 0 aliphatic rings. The van der Waals surface area contributed by atoms with Crippen LogP contribution < -0.4 is 5.32 Å². The van der Waals surface area contributed by atoms with Gasteiger partial charge in [0.2, 0.25) is 0 Å². The van der Waals surface area contributed by atoms with Crippen molar-refractivity contribution in [2.45, 2.75) is 20.4 Å². The minimum absolute atomic E-state index is 0.272. The molecule has 0 amide bonds. The lowest BCUT2D eigenvalue weighted by Gasteiger charge is -2.11. The first-order valence-corrected chi connectivity index (χ1v) is 5.81. The number of nitrogens with one attached hydrogen (secondary N) is 1. The van der Waals surface area contributed by atoms with Gasteiger partial charge in [-0.2, -0.15) is 0 Å². The first-order valence-electron chi connectivity index (χ1n) is 5.81. The van der Waals surface area contributed by atoms with Gasteiger partial charge in [-0.05, 0) is 49.2 Å². The van der Waals surface area contributed by atoms with Crippen LogP contribution in [0.15, 0.2) is 36.4 Å². The van der Waals surface area contributed by atoms with Crippen LogP contribution in [-0.4, -0.2) is 0 Å². The Kier molecular flexibility index (Phi) is 3.60. The van der Waals surface area contributed by atoms with Gasteiger partial charge in [-0.25, -0.2) is 8.78 Å². The SMILES string of the molecule is Cc1ccc(C)c(NCc2cc(F)ccc2F)c1. The molecule has 0 aromatic heterocycles. The lowest BCUT2D eigenvalue weighted by Crippen LogP contribution is -2.03. The van der Waals surface area contributed by atoms with Crippen LogP contribution in [0.4, 0.5) is 14.5 Å². The summed E-state index contributed by atoms with van der Waals surface area (Å²) in [4.78, 5) is 0. The van der Waals surface area contributed by atoms with Crippen LogP contribution in [0.5, 0.6) is 0 Å². The highest BCUT2D eigenvalue weighted by Crippen LogP contribution is 2.18. The molecule has 2 aromatic carbocycles. The summed E-state index contributed by atoms with van der Waals surface area (Å²) in [5, 5.41) is 3.13. The van der Waals surface area contributed by atoms with E-state index >= 15 is 0 Å². The molecule has 0 radical (unpaired) electrons. The van der Waals surface area contributed by atoms with Gasteiger partial charge in [0.05, 0.1) is 0 Å². The molecule has 0 aliphatic carbocycles. The van der Waals surface area contributed by atoms with Gasteiger partial charge in [-0.3, -0.25) is 0 Å². The molecule has 2 rings (SSSR count). The highest BCUT2D eigenvalue weighted by molar-refractivity contribution is 5.52. The Balaban J connectivity index is 2.16. The number of rotatable bonds is 3. The molecule has 3 heteroatoms. The maximum atomic E-state index is 13.4. The standard InChI is InChI=1S/C15H15F2N/c1-10-3-4-11(2)15(7-10)18-9-12-8-13(16)5-6-14(12)17/h3-8,18H,9H2,1-2H3. The maximum Gasteiger partial charge on any atom is 0.128 e. The van der Waals surface area contributed by atoms with Gasteiger partial charge >= 0.3 is 0 Å². The second-order valence-corrected chi connectivity index (χ2v) is 4.41. The Hall–Kier alpha value is -1.90. The minimum atomic E-state index is -0.422. The molecule has 0 unspecified atom stereocenters. The predicted molar refractivity (Wildman–Crippen MR) is 69.6 cm³/mol. The Morgan fingerprint density at radius 1 is 1.00 bits per heavy atom. The molecule has 0 fully saturated rings. The first-order chi connectivity index (χ1) is 8.56. The van der Waals surface area contributed by atoms with E-state index in [9.17, 15) is 8.78 Å². The summed E-state index contributed by atoms with van der Waals surface area (Å²) in [6.45, 7) is 4.24. The molecule has 94 valence electrons. The van der Waals surface area contributed by atoms with Crippen LogP contribution in [-0.2, 0) is 6.54 Å². The fourth-order valence-electron chi connectivity index (χ4n) is 1.80. The fraction of sp³-hybridized carbons (Fsp3) is 0.200. The topological polar surface area (TPSA) is 12.0 Å². The molecule has 1 nitrogen and oxygen atoms in total. The van der Waals surface area contributed by atoms with Crippen molar-refractivity contribution in [1.29, 1.82) is 0 Å². The summed E-state index contributed by atoms with van der Waals surface area (Å²) in [5.74, 6) is -0.816. The van der Waals surface area contributed by atoms with Crippen molar-refractivity contribution < 1.29 is 8.78 Å². The zero-order valence-electron chi connectivity index (χ0n) is 10.4. The number of aryl methyl sites for hydroxylation is 2. The normalized spacial score (nSPS) is 10.4. The molecule has 18 heavy (non-hydrogen) atoms. The largest absolute Gasteiger partial charge is 0.381 e. The molecule has 0 saturated heterocycles. The van der Waals surface area contributed by atoms with Gasteiger partial charge < -0.3 is 5.32 Å². The molecular formula is C15H15F2N. The average molecular weight is 247 g/mol. The molecular weight excluding hydrogens is 232 g/mol. The zero-order valence-corrected chi connectivity index (χ0v) is 10.4. The van der Waals surface area contributed by atoms with Gasteiger partial charge in [0.15, 0.2) is 0 Å². The summed E-state index contributed by atoms with van der Waals surface area (Å²) in [5.41, 5.74) is 3.48. The van der Waals surface area contributed by atoms with Crippen molar-refractivity contribution in [3.05, 3.63) is 64.7 Å². The number of hydrogen-bond acceptors (Lipinski definition) is 1. The van der Waals surface area contributed by atoms with Crippen LogP contribution >= 0.6 is 0 Å².